The summed E-state index contributed by atoms with van der Waals surface area (Å²) >= 11 is 0. The van der Waals surface area contributed by atoms with Crippen LogP contribution in [0.1, 0.15) is 39.6 Å². The summed E-state index contributed by atoms with van der Waals surface area (Å²) in [6.07, 6.45) is 0.863. The Labute approximate surface area is 156 Å². The Hall–Kier alpha value is -0.800. The summed E-state index contributed by atoms with van der Waals surface area (Å²) in [6, 6.07) is 3.50. The molecular formula is C16H30IN3O3. The van der Waals surface area contributed by atoms with Crippen molar-refractivity contribution in [1.82, 2.24) is 10.6 Å². The topological polar surface area (TPSA) is 79.0 Å². The van der Waals surface area contributed by atoms with Crippen LogP contribution in [-0.2, 0) is 4.74 Å². The Morgan fingerprint density at radius 3 is 2.57 bits per heavy atom. The molecule has 0 aliphatic heterocycles. The average molecular weight is 439 g/mol. The Kier molecular flexibility index (Phi) is 10.5. The first-order valence-electron chi connectivity index (χ1n) is 7.65. The number of ether oxygens (including phenoxy) is 1. The van der Waals surface area contributed by atoms with Gasteiger partial charge in [-0.25, -0.2) is 0 Å². The number of hydrogen-bond donors (Lipinski definition) is 3. The Bertz CT molecular complexity index is 444. The van der Waals surface area contributed by atoms with Crippen LogP contribution in [0.15, 0.2) is 27.8 Å². The number of furan rings is 1. The van der Waals surface area contributed by atoms with E-state index in [2.05, 4.69) is 36.4 Å². The van der Waals surface area contributed by atoms with E-state index in [-0.39, 0.29) is 35.5 Å². The summed E-state index contributed by atoms with van der Waals surface area (Å²) in [4.78, 5) is 4.53. The quantitative estimate of drug-likeness (QED) is 0.346. The van der Waals surface area contributed by atoms with E-state index in [0.717, 1.165) is 6.54 Å². The molecule has 0 saturated heterocycles. The number of hydrogen-bond acceptors (Lipinski definition) is 4. The third kappa shape index (κ3) is 8.03. The number of rotatable bonds is 7. The van der Waals surface area contributed by atoms with E-state index in [1.165, 1.54) is 0 Å². The van der Waals surface area contributed by atoms with Crippen LogP contribution in [-0.4, -0.2) is 43.9 Å². The maximum atomic E-state index is 10.0. The molecule has 0 spiro atoms. The largest absolute Gasteiger partial charge is 0.467 e. The smallest absolute Gasteiger partial charge is 0.191 e. The predicted octanol–water partition coefficient (Wildman–Crippen LogP) is 2.55. The molecule has 134 valence electrons. The van der Waals surface area contributed by atoms with E-state index in [9.17, 15) is 5.11 Å². The zero-order valence-electron chi connectivity index (χ0n) is 14.6. The summed E-state index contributed by atoms with van der Waals surface area (Å²) in [5.74, 6) is 1.19. The number of aliphatic hydroxyl groups excluding tert-OH is 1. The van der Waals surface area contributed by atoms with Crippen molar-refractivity contribution in [3.63, 3.8) is 0 Å². The van der Waals surface area contributed by atoms with Crippen molar-refractivity contribution in [3.05, 3.63) is 24.2 Å². The third-order valence-corrected chi connectivity index (χ3v) is 3.34. The lowest BCUT2D eigenvalue weighted by Gasteiger charge is -2.28. The van der Waals surface area contributed by atoms with Crippen LogP contribution >= 0.6 is 24.0 Å². The summed E-state index contributed by atoms with van der Waals surface area (Å²) in [6.45, 7) is 9.99. The van der Waals surface area contributed by atoms with Crippen molar-refractivity contribution in [2.75, 3.05) is 26.7 Å². The fourth-order valence-corrected chi connectivity index (χ4v) is 1.99. The van der Waals surface area contributed by atoms with Crippen molar-refractivity contribution in [2.45, 2.75) is 39.9 Å². The number of methoxy groups -OCH3 is 1. The van der Waals surface area contributed by atoms with Crippen LogP contribution in [0.5, 0.6) is 0 Å². The van der Waals surface area contributed by atoms with Gasteiger partial charge >= 0.3 is 0 Å². The van der Waals surface area contributed by atoms with Gasteiger partial charge in [-0.3, -0.25) is 4.99 Å². The standard InChI is InChI=1S/C16H29N3O3.HI/c1-6-17-15(19-11-14(21-5)16(2,3)4)18-10-12(20)13-8-7-9-22-13;/h7-9,12,14,20H,6,10-11H2,1-5H3,(H2,17,18,19);1H. The molecule has 7 heteroatoms. The number of aliphatic imine (C=N–C) groups is 1. The molecule has 6 nitrogen and oxygen atoms in total. The van der Waals surface area contributed by atoms with Gasteiger partial charge in [0.1, 0.15) is 11.9 Å². The minimum Gasteiger partial charge on any atom is -0.467 e. The van der Waals surface area contributed by atoms with E-state index in [4.69, 9.17) is 9.15 Å². The minimum atomic E-state index is -0.709. The molecule has 3 N–H and O–H groups in total. The number of nitrogens with zero attached hydrogens (tertiary/aromatic N) is 1. The number of nitrogens with one attached hydrogen (secondary N) is 2. The maximum Gasteiger partial charge on any atom is 0.191 e. The Balaban J connectivity index is 0.00000484. The van der Waals surface area contributed by atoms with Crippen LogP contribution < -0.4 is 10.6 Å². The second-order valence-electron chi connectivity index (χ2n) is 6.22. The van der Waals surface area contributed by atoms with Gasteiger partial charge in [0, 0.05) is 13.7 Å². The van der Waals surface area contributed by atoms with Gasteiger partial charge in [-0.2, -0.15) is 0 Å². The fourth-order valence-electron chi connectivity index (χ4n) is 1.99. The fraction of sp³-hybridized carbons (Fsp3) is 0.688. The Morgan fingerprint density at radius 1 is 1.39 bits per heavy atom. The molecule has 0 aliphatic rings. The molecule has 0 fully saturated rings. The van der Waals surface area contributed by atoms with Gasteiger partial charge < -0.3 is 24.9 Å². The Morgan fingerprint density at radius 2 is 2.09 bits per heavy atom. The van der Waals surface area contributed by atoms with Crippen molar-refractivity contribution in [1.29, 1.82) is 0 Å². The number of halogens is 1. The lowest BCUT2D eigenvalue weighted by Crippen LogP contribution is -2.41. The summed E-state index contributed by atoms with van der Waals surface area (Å²) in [5.41, 5.74) is 0.0171. The number of guanidine groups is 1. The highest BCUT2D eigenvalue weighted by Crippen LogP contribution is 2.21. The van der Waals surface area contributed by atoms with Gasteiger partial charge in [0.2, 0.25) is 0 Å². The first kappa shape index (κ1) is 22.2. The highest BCUT2D eigenvalue weighted by molar-refractivity contribution is 14.0. The molecule has 0 aromatic carbocycles. The lowest BCUT2D eigenvalue weighted by atomic mass is 9.89. The van der Waals surface area contributed by atoms with E-state index in [0.29, 0.717) is 24.8 Å². The maximum absolute atomic E-state index is 10.0. The second-order valence-corrected chi connectivity index (χ2v) is 6.22. The van der Waals surface area contributed by atoms with Crippen molar-refractivity contribution >= 4 is 29.9 Å². The highest BCUT2D eigenvalue weighted by Gasteiger charge is 2.24. The van der Waals surface area contributed by atoms with Crippen LogP contribution in [0.2, 0.25) is 0 Å². The zero-order chi connectivity index (χ0) is 16.6. The summed E-state index contributed by atoms with van der Waals surface area (Å²) in [5, 5.41) is 16.3. The molecule has 1 aromatic rings. The van der Waals surface area contributed by atoms with Crippen LogP contribution in [0.25, 0.3) is 0 Å². The molecule has 2 unspecified atom stereocenters. The van der Waals surface area contributed by atoms with Crippen LogP contribution in [0.3, 0.4) is 0 Å². The molecule has 2 atom stereocenters. The zero-order valence-corrected chi connectivity index (χ0v) is 17.0. The lowest BCUT2D eigenvalue weighted by molar-refractivity contribution is 0.0241. The first-order valence-corrected chi connectivity index (χ1v) is 7.65. The molecule has 0 amide bonds. The normalized spacial score (nSPS) is 14.8. The van der Waals surface area contributed by atoms with Crippen LogP contribution in [0.4, 0.5) is 0 Å². The average Bonchev–Trinajstić information content (AvgIpc) is 2.97. The second kappa shape index (κ2) is 10.9. The van der Waals surface area contributed by atoms with Gasteiger partial charge in [0.25, 0.3) is 0 Å². The van der Waals surface area contributed by atoms with Gasteiger partial charge in [-0.05, 0) is 24.5 Å². The molecule has 0 saturated carbocycles. The van der Waals surface area contributed by atoms with Crippen LogP contribution in [0, 0.1) is 5.41 Å². The summed E-state index contributed by atoms with van der Waals surface area (Å²) < 4.78 is 10.7. The van der Waals surface area contributed by atoms with Crippen molar-refractivity contribution in [2.24, 2.45) is 10.4 Å². The molecule has 0 bridgehead atoms. The van der Waals surface area contributed by atoms with Gasteiger partial charge in [-0.15, -0.1) is 24.0 Å². The molecule has 0 radical (unpaired) electrons. The molecule has 23 heavy (non-hydrogen) atoms. The van der Waals surface area contributed by atoms with E-state index in [1.807, 2.05) is 6.92 Å². The SMILES string of the molecule is CCNC(=NCC(OC)C(C)(C)C)NCC(O)c1ccco1.I. The summed E-state index contributed by atoms with van der Waals surface area (Å²) in [7, 11) is 1.70. The third-order valence-electron chi connectivity index (χ3n) is 3.34. The van der Waals surface area contributed by atoms with E-state index in [1.54, 1.807) is 25.5 Å². The number of aliphatic hydroxyl groups is 1. The van der Waals surface area contributed by atoms with E-state index >= 15 is 0 Å². The molecule has 1 rings (SSSR count). The van der Waals surface area contributed by atoms with E-state index < -0.39 is 6.10 Å². The minimum absolute atomic E-state index is 0. The predicted molar refractivity (Wildman–Crippen MR) is 103 cm³/mol. The molecule has 0 aliphatic carbocycles. The highest BCUT2D eigenvalue weighted by atomic mass is 127. The van der Waals surface area contributed by atoms with Gasteiger partial charge in [0.05, 0.1) is 25.5 Å². The van der Waals surface area contributed by atoms with Crippen molar-refractivity contribution in [3.8, 4) is 0 Å². The molecule has 1 heterocycles. The first-order chi connectivity index (χ1) is 10.4. The molecule has 1 aromatic heterocycles. The van der Waals surface area contributed by atoms with Crippen molar-refractivity contribution < 1.29 is 14.3 Å². The molecular weight excluding hydrogens is 409 g/mol. The van der Waals surface area contributed by atoms with Gasteiger partial charge in [0.15, 0.2) is 5.96 Å². The van der Waals surface area contributed by atoms with Gasteiger partial charge in [-0.1, -0.05) is 20.8 Å². The monoisotopic (exact) mass is 439 g/mol.